The van der Waals surface area contributed by atoms with Crippen LogP contribution >= 0.6 is 12.6 Å². The molecule has 0 fully saturated rings. The van der Waals surface area contributed by atoms with Crippen LogP contribution in [0.15, 0.2) is 30.3 Å². The first-order valence-electron chi connectivity index (χ1n) is 3.45. The molecule has 68 valence electrons. The van der Waals surface area contributed by atoms with Crippen LogP contribution in [0.4, 0.5) is 0 Å². The normalized spacial score (nSPS) is 6.83. The van der Waals surface area contributed by atoms with Crippen LogP contribution in [0.25, 0.3) is 0 Å². The van der Waals surface area contributed by atoms with E-state index in [-0.39, 0.29) is 0 Å². The van der Waals surface area contributed by atoms with Crippen LogP contribution in [0.1, 0.15) is 6.92 Å². The van der Waals surface area contributed by atoms with Crippen LogP contribution in [-0.4, -0.2) is 17.6 Å². The van der Waals surface area contributed by atoms with Crippen molar-refractivity contribution in [1.82, 2.24) is 0 Å². The summed E-state index contributed by atoms with van der Waals surface area (Å²) in [5.41, 5.74) is 0. The number of carbonyl (C=O) groups excluding carboxylic acids is 1. The monoisotopic (exact) mass is 186 g/mol. The fourth-order valence-corrected chi connectivity index (χ4v) is 0.428. The Hall–Kier alpha value is -0.960. The van der Waals surface area contributed by atoms with E-state index in [1.54, 1.807) is 24.3 Å². The molecule has 12 heavy (non-hydrogen) atoms. The molecule has 0 aliphatic heterocycles. The van der Waals surface area contributed by atoms with Crippen molar-refractivity contribution in [1.29, 1.82) is 0 Å². The first-order valence-corrected chi connectivity index (χ1v) is 4.08. The highest BCUT2D eigenvalue weighted by Gasteiger charge is 1.74. The van der Waals surface area contributed by atoms with Gasteiger partial charge in [0.2, 0.25) is 0 Å². The second kappa shape index (κ2) is 12.7. The average Bonchev–Trinajstić information content (AvgIpc) is 2.11. The van der Waals surface area contributed by atoms with Gasteiger partial charge in [-0.3, -0.25) is 0 Å². The third kappa shape index (κ3) is 11.8. The van der Waals surface area contributed by atoms with E-state index in [4.69, 9.17) is 9.90 Å². The molecule has 1 aromatic carbocycles. The molecule has 1 N–H and O–H groups in total. The van der Waals surface area contributed by atoms with Crippen LogP contribution in [0.5, 0.6) is 5.75 Å². The van der Waals surface area contributed by atoms with Crippen molar-refractivity contribution in [2.45, 2.75) is 6.92 Å². The van der Waals surface area contributed by atoms with Crippen molar-refractivity contribution >= 4 is 19.4 Å². The number of carbonyl (C=O) groups is 1. The molecule has 0 radical (unpaired) electrons. The number of hydrogen-bond acceptors (Lipinski definition) is 3. The Labute approximate surface area is 78.6 Å². The molecule has 0 spiro atoms. The average molecular weight is 186 g/mol. The van der Waals surface area contributed by atoms with Crippen LogP contribution in [0, 0.1) is 0 Å². The fraction of sp³-hybridized carbons (Fsp3) is 0.222. The van der Waals surface area contributed by atoms with Crippen molar-refractivity contribution in [2.24, 2.45) is 0 Å². The van der Waals surface area contributed by atoms with Gasteiger partial charge in [0, 0.05) is 0 Å². The Morgan fingerprint density at radius 1 is 1.33 bits per heavy atom. The van der Waals surface area contributed by atoms with Gasteiger partial charge in [-0.2, -0.15) is 12.6 Å². The van der Waals surface area contributed by atoms with Gasteiger partial charge >= 0.3 is 0 Å². The summed E-state index contributed by atoms with van der Waals surface area (Å²) >= 11 is 3.79. The fourth-order valence-electron chi connectivity index (χ4n) is 0.428. The van der Waals surface area contributed by atoms with Gasteiger partial charge in [0.1, 0.15) is 12.5 Å². The van der Waals surface area contributed by atoms with Gasteiger partial charge in [-0.05, 0) is 17.9 Å². The maximum Gasteiger partial charge on any atom is 0.115 e. The van der Waals surface area contributed by atoms with E-state index in [2.05, 4.69) is 12.6 Å². The molecule has 0 atom stereocenters. The summed E-state index contributed by atoms with van der Waals surface area (Å²) in [6.07, 6.45) is 0. The maximum absolute atomic E-state index is 8.63. The van der Waals surface area contributed by atoms with Crippen molar-refractivity contribution in [2.75, 3.05) is 5.75 Å². The Bertz CT molecular complexity index is 165. The van der Waals surface area contributed by atoms with E-state index in [0.29, 0.717) is 5.75 Å². The molecule has 3 heteroatoms. The summed E-state index contributed by atoms with van der Waals surface area (Å²) in [5.74, 6) is 1.27. The predicted octanol–water partition coefficient (Wildman–Crippen LogP) is 2.14. The lowest BCUT2D eigenvalue weighted by atomic mass is 10.3. The Morgan fingerprint density at radius 3 is 1.83 bits per heavy atom. The number of rotatable bonds is 0. The number of phenols is 1. The minimum absolute atomic E-state index is 0.322. The number of phenolic OH excluding ortho intramolecular Hbond substituents is 1. The summed E-state index contributed by atoms with van der Waals surface area (Å²) in [7, 11) is 0. The molecule has 0 unspecified atom stereocenters. The number of benzene rings is 1. The van der Waals surface area contributed by atoms with E-state index in [9.17, 15) is 0 Å². The van der Waals surface area contributed by atoms with Crippen LogP contribution in [0.3, 0.4) is 0 Å². The zero-order valence-electron chi connectivity index (χ0n) is 7.10. The molecule has 0 aliphatic carbocycles. The highest BCUT2D eigenvalue weighted by molar-refractivity contribution is 7.80. The molecule has 0 saturated carbocycles. The molecule has 2 nitrogen and oxygen atoms in total. The number of aromatic hydroxyl groups is 1. The lowest BCUT2D eigenvalue weighted by Crippen LogP contribution is -1.56. The van der Waals surface area contributed by atoms with Gasteiger partial charge in [0.25, 0.3) is 0 Å². The van der Waals surface area contributed by atoms with E-state index in [1.807, 2.05) is 19.8 Å². The van der Waals surface area contributed by atoms with Gasteiger partial charge in [-0.25, -0.2) is 0 Å². The van der Waals surface area contributed by atoms with Gasteiger partial charge in [0.05, 0.1) is 0 Å². The number of hydrogen-bond donors (Lipinski definition) is 2. The minimum Gasteiger partial charge on any atom is -0.508 e. The first kappa shape index (κ1) is 13.6. The molecule has 0 amide bonds. The Balaban J connectivity index is 0. The summed E-state index contributed by atoms with van der Waals surface area (Å²) in [6, 6.07) is 8.71. The van der Waals surface area contributed by atoms with Gasteiger partial charge in [-0.1, -0.05) is 25.1 Å². The molecule has 0 aromatic heterocycles. The Morgan fingerprint density at radius 2 is 1.67 bits per heavy atom. The van der Waals surface area contributed by atoms with Gasteiger partial charge < -0.3 is 9.90 Å². The zero-order chi connectivity index (χ0) is 9.82. The lowest BCUT2D eigenvalue weighted by molar-refractivity contribution is -0.0979. The van der Waals surface area contributed by atoms with Crippen LogP contribution < -0.4 is 0 Å². The SMILES string of the molecule is C=O.CCS.Oc1ccccc1. The molecule has 1 aromatic rings. The van der Waals surface area contributed by atoms with E-state index in [0.717, 1.165) is 5.75 Å². The predicted molar refractivity (Wildman–Crippen MR) is 54.8 cm³/mol. The van der Waals surface area contributed by atoms with Gasteiger partial charge in [-0.15, -0.1) is 0 Å². The third-order valence-electron chi connectivity index (χ3n) is 0.756. The zero-order valence-corrected chi connectivity index (χ0v) is 8.00. The minimum atomic E-state index is 0.322. The van der Waals surface area contributed by atoms with E-state index >= 15 is 0 Å². The van der Waals surface area contributed by atoms with Crippen molar-refractivity contribution < 1.29 is 9.90 Å². The summed E-state index contributed by atoms with van der Waals surface area (Å²) in [5, 5.41) is 8.63. The Kier molecular flexibility index (Phi) is 14.4. The van der Waals surface area contributed by atoms with Gasteiger partial charge in [0.15, 0.2) is 0 Å². The van der Waals surface area contributed by atoms with Crippen molar-refractivity contribution in [3.63, 3.8) is 0 Å². The molecular weight excluding hydrogens is 172 g/mol. The van der Waals surface area contributed by atoms with Crippen LogP contribution in [0.2, 0.25) is 0 Å². The number of thiol groups is 1. The molecule has 0 saturated heterocycles. The topological polar surface area (TPSA) is 37.3 Å². The second-order valence-electron chi connectivity index (χ2n) is 1.65. The standard InChI is InChI=1S/C6H6O.C2H6S.CH2O/c7-6-4-2-1-3-5-6;1-2-3;1-2/h1-5,7H;3H,2H2,1H3;1H2. The third-order valence-corrected chi connectivity index (χ3v) is 0.756. The molecule has 0 bridgehead atoms. The molecular formula is C9H14O2S. The highest BCUT2D eigenvalue weighted by atomic mass is 32.1. The van der Waals surface area contributed by atoms with E-state index < -0.39 is 0 Å². The second-order valence-corrected chi connectivity index (χ2v) is 2.28. The molecule has 1 rings (SSSR count). The highest BCUT2D eigenvalue weighted by Crippen LogP contribution is 2.02. The molecule has 0 aliphatic rings. The van der Waals surface area contributed by atoms with Crippen LogP contribution in [-0.2, 0) is 4.79 Å². The smallest absolute Gasteiger partial charge is 0.115 e. The lowest BCUT2D eigenvalue weighted by Gasteiger charge is -1.82. The quantitative estimate of drug-likeness (QED) is 0.609. The summed E-state index contributed by atoms with van der Waals surface area (Å²) < 4.78 is 0. The summed E-state index contributed by atoms with van der Waals surface area (Å²) in [4.78, 5) is 8.00. The first-order chi connectivity index (χ1) is 5.81. The summed E-state index contributed by atoms with van der Waals surface area (Å²) in [6.45, 7) is 3.99. The van der Waals surface area contributed by atoms with Crippen molar-refractivity contribution in [3.8, 4) is 5.75 Å². The number of para-hydroxylation sites is 1. The van der Waals surface area contributed by atoms with Crippen molar-refractivity contribution in [3.05, 3.63) is 30.3 Å². The maximum atomic E-state index is 8.63. The van der Waals surface area contributed by atoms with E-state index in [1.165, 1.54) is 0 Å². The molecule has 0 heterocycles. The largest absolute Gasteiger partial charge is 0.508 e.